The van der Waals surface area contributed by atoms with Gasteiger partial charge < -0.3 is 5.32 Å². The van der Waals surface area contributed by atoms with E-state index in [1.54, 1.807) is 37.3 Å². The molecular formula is C25H24N4O3. The molecule has 4 rings (SSSR count). The number of hydrogen-bond donors (Lipinski definition) is 1. The summed E-state index contributed by atoms with van der Waals surface area (Å²) in [6.07, 6.45) is 0. The molecule has 4 aromatic rings. The van der Waals surface area contributed by atoms with E-state index in [1.807, 2.05) is 50.2 Å². The number of rotatable bonds is 5. The fourth-order valence-corrected chi connectivity index (χ4v) is 3.88. The lowest BCUT2D eigenvalue weighted by Crippen LogP contribution is -2.44. The molecule has 0 fully saturated rings. The molecular weight excluding hydrogens is 404 g/mol. The van der Waals surface area contributed by atoms with Crippen LogP contribution in [0.3, 0.4) is 0 Å². The molecule has 0 aliphatic heterocycles. The number of nitrogens with zero attached hydrogens (tertiary/aromatic N) is 3. The van der Waals surface area contributed by atoms with Crippen LogP contribution in [-0.2, 0) is 11.3 Å². The second-order valence-corrected chi connectivity index (χ2v) is 7.82. The van der Waals surface area contributed by atoms with Crippen LogP contribution in [0.4, 0.5) is 0 Å². The van der Waals surface area contributed by atoms with E-state index in [-0.39, 0.29) is 18.2 Å². The summed E-state index contributed by atoms with van der Waals surface area (Å²) >= 11 is 0. The molecule has 2 aromatic carbocycles. The maximum Gasteiger partial charge on any atom is 0.337 e. The number of pyridine rings is 1. The highest BCUT2D eigenvalue weighted by Gasteiger charge is 2.20. The van der Waals surface area contributed by atoms with Crippen LogP contribution in [0.15, 0.2) is 76.3 Å². The van der Waals surface area contributed by atoms with Gasteiger partial charge in [-0.25, -0.2) is 18.9 Å². The zero-order valence-electron chi connectivity index (χ0n) is 18.2. The van der Waals surface area contributed by atoms with Crippen molar-refractivity contribution in [3.63, 3.8) is 0 Å². The van der Waals surface area contributed by atoms with E-state index in [1.165, 1.54) is 4.57 Å². The minimum atomic E-state index is -0.603. The Morgan fingerprint density at radius 2 is 1.62 bits per heavy atom. The lowest BCUT2D eigenvalue weighted by molar-refractivity contribution is -0.122. The number of nitrogens with one attached hydrogen (secondary N) is 1. The summed E-state index contributed by atoms with van der Waals surface area (Å²) < 4.78 is 2.37. The number of aromatic nitrogens is 3. The summed E-state index contributed by atoms with van der Waals surface area (Å²) in [4.78, 5) is 44.0. The van der Waals surface area contributed by atoms with Gasteiger partial charge in [0.15, 0.2) is 5.65 Å². The molecule has 7 heteroatoms. The Bertz CT molecular complexity index is 1410. The monoisotopic (exact) mass is 428 g/mol. The van der Waals surface area contributed by atoms with Crippen LogP contribution in [0, 0.1) is 13.8 Å². The molecule has 32 heavy (non-hydrogen) atoms. The van der Waals surface area contributed by atoms with Crippen LogP contribution < -0.4 is 16.6 Å². The second kappa shape index (κ2) is 8.63. The number of carbonyl (C=O) groups excluding carboxylic acids is 1. The molecule has 0 bridgehead atoms. The van der Waals surface area contributed by atoms with Gasteiger partial charge in [-0.15, -0.1) is 0 Å². The fraction of sp³-hybridized carbons (Fsp3) is 0.200. The van der Waals surface area contributed by atoms with Gasteiger partial charge in [-0.05, 0) is 50.1 Å². The molecule has 0 spiro atoms. The summed E-state index contributed by atoms with van der Waals surface area (Å²) in [7, 11) is 0. The van der Waals surface area contributed by atoms with Crippen molar-refractivity contribution in [3.8, 4) is 5.69 Å². The quantitative estimate of drug-likeness (QED) is 0.529. The first-order valence-electron chi connectivity index (χ1n) is 10.4. The SMILES string of the molecule is Cc1cc(C)c2c(=O)n(CC(=O)N[C@H](C)c3ccccc3)c(=O)n(-c3ccccc3)c2n1. The summed E-state index contributed by atoms with van der Waals surface area (Å²) in [5.41, 5.74) is 2.08. The van der Waals surface area contributed by atoms with Gasteiger partial charge in [-0.1, -0.05) is 48.5 Å². The summed E-state index contributed by atoms with van der Waals surface area (Å²) in [5.74, 6) is -0.419. The van der Waals surface area contributed by atoms with Crippen LogP contribution in [0.2, 0.25) is 0 Å². The van der Waals surface area contributed by atoms with Crippen LogP contribution >= 0.6 is 0 Å². The number of benzene rings is 2. The summed E-state index contributed by atoms with van der Waals surface area (Å²) in [6.45, 7) is 5.09. The Labute approximate surface area is 185 Å². The molecule has 0 unspecified atom stereocenters. The molecule has 2 heterocycles. The van der Waals surface area contributed by atoms with Crippen LogP contribution in [0.1, 0.15) is 29.8 Å². The molecule has 1 atom stereocenters. The Balaban J connectivity index is 1.83. The van der Waals surface area contributed by atoms with Crippen molar-refractivity contribution in [2.24, 2.45) is 0 Å². The topological polar surface area (TPSA) is 86.0 Å². The Hall–Kier alpha value is -4.00. The number of hydrogen-bond acceptors (Lipinski definition) is 4. The van der Waals surface area contributed by atoms with Gasteiger partial charge in [0.2, 0.25) is 5.91 Å². The second-order valence-electron chi connectivity index (χ2n) is 7.82. The van der Waals surface area contributed by atoms with E-state index in [0.717, 1.165) is 10.1 Å². The summed E-state index contributed by atoms with van der Waals surface area (Å²) in [5, 5.41) is 3.19. The Kier molecular flexibility index (Phi) is 5.73. The maximum absolute atomic E-state index is 13.4. The smallest absolute Gasteiger partial charge is 0.337 e. The summed E-state index contributed by atoms with van der Waals surface area (Å²) in [6, 6.07) is 20.0. The third kappa shape index (κ3) is 3.97. The highest BCUT2D eigenvalue weighted by Crippen LogP contribution is 2.16. The first-order chi connectivity index (χ1) is 15.4. The minimum Gasteiger partial charge on any atom is -0.348 e. The average Bonchev–Trinajstić information content (AvgIpc) is 2.77. The van der Waals surface area contributed by atoms with E-state index in [4.69, 9.17) is 0 Å². The predicted octanol–water partition coefficient (Wildman–Crippen LogP) is 3.04. The van der Waals surface area contributed by atoms with Crippen molar-refractivity contribution in [1.82, 2.24) is 19.4 Å². The van der Waals surface area contributed by atoms with Gasteiger partial charge in [-0.2, -0.15) is 0 Å². The molecule has 0 aliphatic rings. The predicted molar refractivity (Wildman–Crippen MR) is 124 cm³/mol. The molecule has 1 N–H and O–H groups in total. The van der Waals surface area contributed by atoms with E-state index < -0.39 is 17.2 Å². The van der Waals surface area contributed by atoms with Gasteiger partial charge in [0, 0.05) is 5.69 Å². The van der Waals surface area contributed by atoms with Crippen molar-refractivity contribution in [2.45, 2.75) is 33.4 Å². The van der Waals surface area contributed by atoms with E-state index in [9.17, 15) is 14.4 Å². The van der Waals surface area contributed by atoms with E-state index in [0.29, 0.717) is 22.3 Å². The standard InChI is InChI=1S/C25H24N4O3/c1-16-14-17(2)26-23-22(16)24(31)28(25(32)29(23)20-12-8-5-9-13-20)15-21(30)27-18(3)19-10-6-4-7-11-19/h4-14,18H,15H2,1-3H3,(H,27,30)/t18-/m1/s1. The minimum absolute atomic E-state index is 0.262. The largest absolute Gasteiger partial charge is 0.348 e. The maximum atomic E-state index is 13.4. The molecule has 7 nitrogen and oxygen atoms in total. The van der Waals surface area contributed by atoms with E-state index in [2.05, 4.69) is 10.3 Å². The third-order valence-corrected chi connectivity index (χ3v) is 5.41. The van der Waals surface area contributed by atoms with Crippen molar-refractivity contribution in [3.05, 3.63) is 104 Å². The normalized spacial score (nSPS) is 12.0. The lowest BCUT2D eigenvalue weighted by Gasteiger charge is -2.17. The van der Waals surface area contributed by atoms with Gasteiger partial charge in [0.05, 0.1) is 17.1 Å². The van der Waals surface area contributed by atoms with Gasteiger partial charge in [0.1, 0.15) is 6.54 Å². The van der Waals surface area contributed by atoms with Crippen molar-refractivity contribution >= 4 is 16.9 Å². The first kappa shape index (κ1) is 21.2. The first-order valence-corrected chi connectivity index (χ1v) is 10.4. The van der Waals surface area contributed by atoms with Crippen molar-refractivity contribution < 1.29 is 4.79 Å². The average molecular weight is 428 g/mol. The number of fused-ring (bicyclic) bond motifs is 1. The highest BCUT2D eigenvalue weighted by atomic mass is 16.2. The van der Waals surface area contributed by atoms with Crippen LogP contribution in [-0.4, -0.2) is 20.0 Å². The lowest BCUT2D eigenvalue weighted by atomic mass is 10.1. The number of carbonyl (C=O) groups is 1. The zero-order valence-corrected chi connectivity index (χ0v) is 18.2. The van der Waals surface area contributed by atoms with Crippen LogP contribution in [0.25, 0.3) is 16.7 Å². The number of para-hydroxylation sites is 1. The molecule has 0 saturated carbocycles. The highest BCUT2D eigenvalue weighted by molar-refractivity contribution is 5.81. The van der Waals surface area contributed by atoms with Gasteiger partial charge in [-0.3, -0.25) is 9.59 Å². The molecule has 0 aliphatic carbocycles. The third-order valence-electron chi connectivity index (χ3n) is 5.41. The molecule has 162 valence electrons. The Morgan fingerprint density at radius 1 is 1.00 bits per heavy atom. The van der Waals surface area contributed by atoms with Crippen molar-refractivity contribution in [1.29, 1.82) is 0 Å². The van der Waals surface area contributed by atoms with Gasteiger partial charge in [0.25, 0.3) is 5.56 Å². The number of aryl methyl sites for hydroxylation is 2. The molecule has 2 aromatic heterocycles. The molecule has 0 saturated heterocycles. The van der Waals surface area contributed by atoms with Crippen molar-refractivity contribution in [2.75, 3.05) is 0 Å². The molecule has 0 radical (unpaired) electrons. The molecule has 1 amide bonds. The van der Waals surface area contributed by atoms with Crippen LogP contribution in [0.5, 0.6) is 0 Å². The van der Waals surface area contributed by atoms with Gasteiger partial charge >= 0.3 is 5.69 Å². The van der Waals surface area contributed by atoms with E-state index >= 15 is 0 Å². The Morgan fingerprint density at radius 3 is 2.28 bits per heavy atom. The zero-order chi connectivity index (χ0) is 22.8. The fourth-order valence-electron chi connectivity index (χ4n) is 3.88. The number of amides is 1.